The highest BCUT2D eigenvalue weighted by Gasteiger charge is 2.53. The van der Waals surface area contributed by atoms with Crippen molar-refractivity contribution in [3.63, 3.8) is 0 Å². The lowest BCUT2D eigenvalue weighted by Gasteiger charge is -2.37. The average Bonchev–Trinajstić information content (AvgIpc) is 3.08. The molecule has 3 heterocycles. The number of furan rings is 1. The first-order valence-corrected chi connectivity index (χ1v) is 8.30. The van der Waals surface area contributed by atoms with Gasteiger partial charge in [0.05, 0.1) is 12.9 Å². The molecule has 18 heavy (non-hydrogen) atoms. The lowest BCUT2D eigenvalue weighted by atomic mass is 9.82. The summed E-state index contributed by atoms with van der Waals surface area (Å²) in [6.45, 7) is 0.776. The van der Waals surface area contributed by atoms with Crippen LogP contribution in [0.3, 0.4) is 0 Å². The van der Waals surface area contributed by atoms with E-state index >= 15 is 0 Å². The predicted molar refractivity (Wildman–Crippen MR) is 75.0 cm³/mol. The van der Waals surface area contributed by atoms with Crippen molar-refractivity contribution in [2.45, 2.75) is 4.75 Å². The second-order valence-corrected chi connectivity index (χ2v) is 7.17. The fourth-order valence-corrected chi connectivity index (χ4v) is 6.57. The van der Waals surface area contributed by atoms with Gasteiger partial charge in [0, 0.05) is 17.2 Å². The zero-order valence-electron chi connectivity index (χ0n) is 9.67. The highest BCUT2D eigenvalue weighted by molar-refractivity contribution is 8.77. The van der Waals surface area contributed by atoms with Gasteiger partial charge in [-0.1, -0.05) is 39.8 Å². The zero-order valence-corrected chi connectivity index (χ0v) is 11.3. The van der Waals surface area contributed by atoms with Crippen LogP contribution >= 0.6 is 21.6 Å². The van der Waals surface area contributed by atoms with E-state index in [2.05, 4.69) is 24.3 Å². The predicted octanol–water partition coefficient (Wildman–Crippen LogP) is 3.93. The standard InChI is InChI=1S/C14H12O2S2/c1-2-5-12-11(4-1)14(13-6-3-7-15-13)10(8-16-12)9-17-18-14/h1-7,10H,8-9H2. The van der Waals surface area contributed by atoms with Crippen LogP contribution in [-0.4, -0.2) is 12.4 Å². The Morgan fingerprint density at radius 3 is 3.00 bits per heavy atom. The molecule has 1 fully saturated rings. The first kappa shape index (κ1) is 10.9. The third kappa shape index (κ3) is 1.33. The molecule has 0 amide bonds. The second-order valence-electron chi connectivity index (χ2n) is 4.58. The van der Waals surface area contributed by atoms with E-state index in [1.54, 1.807) is 6.26 Å². The van der Waals surface area contributed by atoms with Gasteiger partial charge >= 0.3 is 0 Å². The van der Waals surface area contributed by atoms with Crippen molar-refractivity contribution in [2.75, 3.05) is 12.4 Å². The minimum Gasteiger partial charge on any atom is -0.493 e. The van der Waals surface area contributed by atoms with Crippen molar-refractivity contribution in [1.29, 1.82) is 0 Å². The molecule has 1 aromatic heterocycles. The normalized spacial score (nSPS) is 29.4. The van der Waals surface area contributed by atoms with E-state index in [9.17, 15) is 0 Å². The molecule has 0 radical (unpaired) electrons. The van der Waals surface area contributed by atoms with E-state index in [1.807, 2.05) is 33.7 Å². The number of hydrogen-bond acceptors (Lipinski definition) is 4. The lowest BCUT2D eigenvalue weighted by molar-refractivity contribution is 0.200. The molecule has 2 aromatic rings. The molecular weight excluding hydrogens is 264 g/mol. The third-order valence-corrected chi connectivity index (χ3v) is 6.87. The lowest BCUT2D eigenvalue weighted by Crippen LogP contribution is -2.38. The summed E-state index contributed by atoms with van der Waals surface area (Å²) in [7, 11) is 3.83. The first-order chi connectivity index (χ1) is 8.91. The monoisotopic (exact) mass is 276 g/mol. The summed E-state index contributed by atoms with van der Waals surface area (Å²) < 4.78 is 11.6. The van der Waals surface area contributed by atoms with Crippen molar-refractivity contribution in [3.8, 4) is 5.75 Å². The third-order valence-electron chi connectivity index (χ3n) is 3.65. The van der Waals surface area contributed by atoms with Crippen LogP contribution in [0.2, 0.25) is 0 Å². The molecule has 1 aromatic carbocycles. The van der Waals surface area contributed by atoms with Crippen molar-refractivity contribution in [3.05, 3.63) is 54.0 Å². The minimum absolute atomic E-state index is 0.0665. The van der Waals surface area contributed by atoms with E-state index in [0.29, 0.717) is 5.92 Å². The maximum absolute atomic E-state index is 5.89. The zero-order chi connectivity index (χ0) is 12.0. The van der Waals surface area contributed by atoms with Crippen LogP contribution in [-0.2, 0) is 4.75 Å². The molecule has 92 valence electrons. The van der Waals surface area contributed by atoms with Gasteiger partial charge in [-0.15, -0.1) is 0 Å². The number of hydrogen-bond donors (Lipinski definition) is 0. The number of rotatable bonds is 1. The molecular formula is C14H12O2S2. The Balaban J connectivity index is 1.98. The quantitative estimate of drug-likeness (QED) is 0.736. The molecule has 0 N–H and O–H groups in total. The molecule has 4 heteroatoms. The largest absolute Gasteiger partial charge is 0.493 e. The molecule has 0 aliphatic carbocycles. The van der Waals surface area contributed by atoms with Crippen LogP contribution < -0.4 is 4.74 Å². The van der Waals surface area contributed by atoms with Crippen molar-refractivity contribution in [1.82, 2.24) is 0 Å². The summed E-state index contributed by atoms with van der Waals surface area (Å²) in [5, 5.41) is 0. The molecule has 2 nitrogen and oxygen atoms in total. The number of para-hydroxylation sites is 1. The average molecular weight is 276 g/mol. The Labute approximate surface area is 113 Å². The van der Waals surface area contributed by atoms with Gasteiger partial charge < -0.3 is 9.15 Å². The highest BCUT2D eigenvalue weighted by Crippen LogP contribution is 2.63. The fourth-order valence-electron chi connectivity index (χ4n) is 2.78. The molecule has 2 unspecified atom stereocenters. The van der Waals surface area contributed by atoms with Crippen molar-refractivity contribution in [2.24, 2.45) is 5.92 Å². The van der Waals surface area contributed by atoms with Gasteiger partial charge in [0.2, 0.25) is 0 Å². The summed E-state index contributed by atoms with van der Waals surface area (Å²) in [5.74, 6) is 3.65. The fraction of sp³-hybridized carbons (Fsp3) is 0.286. The van der Waals surface area contributed by atoms with Gasteiger partial charge in [0.25, 0.3) is 0 Å². The van der Waals surface area contributed by atoms with Crippen LogP contribution in [0.1, 0.15) is 11.3 Å². The van der Waals surface area contributed by atoms with E-state index < -0.39 is 0 Å². The second kappa shape index (κ2) is 4.00. The molecule has 0 saturated carbocycles. The summed E-state index contributed by atoms with van der Waals surface area (Å²) in [4.78, 5) is 0. The van der Waals surface area contributed by atoms with Gasteiger partial charge in [-0.2, -0.15) is 0 Å². The van der Waals surface area contributed by atoms with E-state index in [-0.39, 0.29) is 4.75 Å². The molecule has 1 saturated heterocycles. The Morgan fingerprint density at radius 2 is 2.11 bits per heavy atom. The Morgan fingerprint density at radius 1 is 1.17 bits per heavy atom. The molecule has 0 bridgehead atoms. The van der Waals surface area contributed by atoms with Crippen molar-refractivity contribution < 1.29 is 9.15 Å². The Hall–Kier alpha value is -1.00. The molecule has 2 aliphatic rings. The van der Waals surface area contributed by atoms with Crippen LogP contribution in [0.5, 0.6) is 5.75 Å². The summed E-state index contributed by atoms with van der Waals surface area (Å²) in [6, 6.07) is 12.4. The van der Waals surface area contributed by atoms with Gasteiger partial charge in [0.1, 0.15) is 16.3 Å². The Kier molecular flexibility index (Phi) is 2.42. The van der Waals surface area contributed by atoms with Gasteiger partial charge in [-0.25, -0.2) is 0 Å². The van der Waals surface area contributed by atoms with Gasteiger partial charge in [-0.3, -0.25) is 0 Å². The smallest absolute Gasteiger partial charge is 0.125 e. The molecule has 4 rings (SSSR count). The van der Waals surface area contributed by atoms with E-state index in [4.69, 9.17) is 9.15 Å². The van der Waals surface area contributed by atoms with Crippen LogP contribution in [0.25, 0.3) is 0 Å². The summed E-state index contributed by atoms with van der Waals surface area (Å²) in [6.07, 6.45) is 1.77. The summed E-state index contributed by atoms with van der Waals surface area (Å²) >= 11 is 0. The van der Waals surface area contributed by atoms with E-state index in [0.717, 1.165) is 23.9 Å². The molecule has 0 spiro atoms. The number of ether oxygens (including phenoxy) is 1. The molecule has 2 aliphatic heterocycles. The van der Waals surface area contributed by atoms with Crippen LogP contribution in [0.4, 0.5) is 0 Å². The van der Waals surface area contributed by atoms with Crippen LogP contribution in [0, 0.1) is 5.92 Å². The number of fused-ring (bicyclic) bond motifs is 3. The number of benzene rings is 1. The maximum atomic E-state index is 5.89. The van der Waals surface area contributed by atoms with Gasteiger partial charge in [0.15, 0.2) is 0 Å². The van der Waals surface area contributed by atoms with Crippen molar-refractivity contribution >= 4 is 21.6 Å². The van der Waals surface area contributed by atoms with Crippen LogP contribution in [0.15, 0.2) is 47.1 Å². The topological polar surface area (TPSA) is 22.4 Å². The maximum Gasteiger partial charge on any atom is 0.125 e. The first-order valence-electron chi connectivity index (χ1n) is 5.98. The SMILES string of the molecule is c1coc(C23SSCC2COc2ccccc23)c1. The van der Waals surface area contributed by atoms with E-state index in [1.165, 1.54) is 5.56 Å². The van der Waals surface area contributed by atoms with Gasteiger partial charge in [-0.05, 0) is 18.2 Å². The summed E-state index contributed by atoms with van der Waals surface area (Å²) in [5.41, 5.74) is 1.26. The Bertz CT molecular complexity index is 567. The highest BCUT2D eigenvalue weighted by atomic mass is 33.1. The minimum atomic E-state index is -0.0665. The molecule has 2 atom stereocenters.